The van der Waals surface area contributed by atoms with E-state index in [4.69, 9.17) is 0 Å². The van der Waals surface area contributed by atoms with Gasteiger partial charge in [-0.15, -0.1) is 24.0 Å². The Bertz CT molecular complexity index is 550. The van der Waals surface area contributed by atoms with Gasteiger partial charge in [0.1, 0.15) is 0 Å². The van der Waals surface area contributed by atoms with Gasteiger partial charge in [0, 0.05) is 42.0 Å². The smallest absolute Gasteiger partial charge is 0.251 e. The summed E-state index contributed by atoms with van der Waals surface area (Å²) in [7, 11) is 1.78. The lowest BCUT2D eigenvalue weighted by atomic mass is 10.2. The summed E-state index contributed by atoms with van der Waals surface area (Å²) in [4.78, 5) is 16.2. The lowest BCUT2D eigenvalue weighted by Crippen LogP contribution is -2.41. The summed E-state index contributed by atoms with van der Waals surface area (Å²) in [5, 5.41) is 10.3. The van der Waals surface area contributed by atoms with Gasteiger partial charge in [0.05, 0.1) is 0 Å². The Labute approximate surface area is 179 Å². The third kappa shape index (κ3) is 8.63. The van der Waals surface area contributed by atoms with E-state index in [1.54, 1.807) is 7.05 Å². The van der Waals surface area contributed by atoms with Crippen LogP contribution in [0.25, 0.3) is 0 Å². The second kappa shape index (κ2) is 12.8. The van der Waals surface area contributed by atoms with Gasteiger partial charge >= 0.3 is 0 Å². The molecule has 1 aromatic carbocycles. The first-order valence-corrected chi connectivity index (χ1v) is 10.1. The SMILES string of the molecule is CN=C(NCCCNC(=O)c1ccc(Br)cc1)NCC1CCCS1.I. The zero-order valence-corrected chi connectivity index (χ0v) is 19.1. The van der Waals surface area contributed by atoms with Crippen LogP contribution in [0.15, 0.2) is 33.7 Å². The number of carbonyl (C=O) groups is 1. The molecule has 0 spiro atoms. The van der Waals surface area contributed by atoms with Crippen LogP contribution in [-0.4, -0.2) is 49.6 Å². The van der Waals surface area contributed by atoms with Gasteiger partial charge in [-0.25, -0.2) is 0 Å². The summed E-state index contributed by atoms with van der Waals surface area (Å²) < 4.78 is 0.970. The van der Waals surface area contributed by atoms with Gasteiger partial charge in [-0.3, -0.25) is 9.79 Å². The number of aliphatic imine (C=N–C) groups is 1. The van der Waals surface area contributed by atoms with Crippen LogP contribution in [-0.2, 0) is 0 Å². The molecular formula is C17H26BrIN4OS. The number of amides is 1. The summed E-state index contributed by atoms with van der Waals surface area (Å²) in [5.74, 6) is 2.07. The minimum Gasteiger partial charge on any atom is -0.356 e. The Morgan fingerprint density at radius 1 is 1.24 bits per heavy atom. The van der Waals surface area contributed by atoms with Gasteiger partial charge < -0.3 is 16.0 Å². The molecule has 0 bridgehead atoms. The van der Waals surface area contributed by atoms with Crippen molar-refractivity contribution in [2.75, 3.05) is 32.4 Å². The summed E-state index contributed by atoms with van der Waals surface area (Å²) in [6.07, 6.45) is 3.46. The molecule has 1 saturated heterocycles. The maximum atomic E-state index is 12.0. The maximum absolute atomic E-state index is 12.0. The van der Waals surface area contributed by atoms with Gasteiger partial charge in [-0.05, 0) is 49.3 Å². The summed E-state index contributed by atoms with van der Waals surface area (Å²) in [5.41, 5.74) is 0.678. The van der Waals surface area contributed by atoms with Gasteiger partial charge in [0.15, 0.2) is 5.96 Å². The van der Waals surface area contributed by atoms with Gasteiger partial charge in [0.2, 0.25) is 0 Å². The van der Waals surface area contributed by atoms with E-state index in [0.29, 0.717) is 17.4 Å². The largest absolute Gasteiger partial charge is 0.356 e. The molecule has 8 heteroatoms. The average molecular weight is 541 g/mol. The number of benzene rings is 1. The number of nitrogens with zero attached hydrogens (tertiary/aromatic N) is 1. The Morgan fingerprint density at radius 3 is 2.60 bits per heavy atom. The lowest BCUT2D eigenvalue weighted by molar-refractivity contribution is 0.0953. The number of rotatable bonds is 7. The highest BCUT2D eigenvalue weighted by Gasteiger charge is 2.15. The Kier molecular flexibility index (Phi) is 11.6. The van der Waals surface area contributed by atoms with Crippen LogP contribution < -0.4 is 16.0 Å². The molecule has 0 aliphatic carbocycles. The molecule has 2 rings (SSSR count). The highest BCUT2D eigenvalue weighted by Crippen LogP contribution is 2.25. The van der Waals surface area contributed by atoms with Crippen LogP contribution in [0.2, 0.25) is 0 Å². The zero-order valence-electron chi connectivity index (χ0n) is 14.4. The van der Waals surface area contributed by atoms with E-state index in [2.05, 4.69) is 36.9 Å². The first kappa shape index (κ1) is 22.6. The van der Waals surface area contributed by atoms with Crippen LogP contribution >= 0.6 is 51.7 Å². The third-order valence-corrected chi connectivity index (χ3v) is 5.71. The first-order chi connectivity index (χ1) is 11.7. The van der Waals surface area contributed by atoms with E-state index in [-0.39, 0.29) is 29.9 Å². The van der Waals surface area contributed by atoms with Crippen LogP contribution in [0.3, 0.4) is 0 Å². The Hall–Kier alpha value is -0.480. The van der Waals surface area contributed by atoms with Gasteiger partial charge in [0.25, 0.3) is 5.91 Å². The molecule has 1 aliphatic heterocycles. The fraction of sp³-hybridized carbons (Fsp3) is 0.529. The molecule has 1 aliphatic rings. The number of hydrogen-bond acceptors (Lipinski definition) is 3. The predicted octanol–water partition coefficient (Wildman–Crippen LogP) is 3.25. The van der Waals surface area contributed by atoms with E-state index in [9.17, 15) is 4.79 Å². The highest BCUT2D eigenvalue weighted by molar-refractivity contribution is 14.0. The van der Waals surface area contributed by atoms with Crippen molar-refractivity contribution in [3.63, 3.8) is 0 Å². The van der Waals surface area contributed by atoms with Crippen LogP contribution in [0, 0.1) is 0 Å². The van der Waals surface area contributed by atoms with Crippen molar-refractivity contribution >= 4 is 63.5 Å². The molecule has 1 unspecified atom stereocenters. The average Bonchev–Trinajstić information content (AvgIpc) is 3.11. The van der Waals surface area contributed by atoms with Gasteiger partial charge in [-0.1, -0.05) is 15.9 Å². The quantitative estimate of drug-likeness (QED) is 0.215. The van der Waals surface area contributed by atoms with Crippen molar-refractivity contribution in [1.82, 2.24) is 16.0 Å². The van der Waals surface area contributed by atoms with E-state index >= 15 is 0 Å². The predicted molar refractivity (Wildman–Crippen MR) is 121 cm³/mol. The van der Waals surface area contributed by atoms with Crippen LogP contribution in [0.4, 0.5) is 0 Å². The highest BCUT2D eigenvalue weighted by atomic mass is 127. The molecule has 1 fully saturated rings. The summed E-state index contributed by atoms with van der Waals surface area (Å²) in [6.45, 7) is 2.38. The number of thioether (sulfide) groups is 1. The fourth-order valence-electron chi connectivity index (χ4n) is 2.44. The second-order valence-electron chi connectivity index (χ2n) is 5.63. The minimum atomic E-state index is -0.0386. The maximum Gasteiger partial charge on any atom is 0.251 e. The van der Waals surface area contributed by atoms with Crippen LogP contribution in [0.5, 0.6) is 0 Å². The monoisotopic (exact) mass is 540 g/mol. The number of hydrogen-bond donors (Lipinski definition) is 3. The van der Waals surface area contributed by atoms with Gasteiger partial charge in [-0.2, -0.15) is 11.8 Å². The number of nitrogens with one attached hydrogen (secondary N) is 3. The second-order valence-corrected chi connectivity index (χ2v) is 7.96. The van der Waals surface area contributed by atoms with E-state index < -0.39 is 0 Å². The molecule has 1 amide bonds. The summed E-state index contributed by atoms with van der Waals surface area (Å²) in [6, 6.07) is 7.36. The molecule has 1 aromatic rings. The molecule has 0 radical (unpaired) electrons. The minimum absolute atomic E-state index is 0. The third-order valence-electron chi connectivity index (χ3n) is 3.78. The van der Waals surface area contributed by atoms with Crippen molar-refractivity contribution in [2.45, 2.75) is 24.5 Å². The number of carbonyl (C=O) groups excluding carboxylic acids is 1. The van der Waals surface area contributed by atoms with Crippen molar-refractivity contribution in [1.29, 1.82) is 0 Å². The molecule has 25 heavy (non-hydrogen) atoms. The van der Waals surface area contributed by atoms with E-state index in [0.717, 1.165) is 29.9 Å². The zero-order chi connectivity index (χ0) is 17.2. The van der Waals surface area contributed by atoms with E-state index in [1.807, 2.05) is 36.0 Å². The fourth-order valence-corrected chi connectivity index (χ4v) is 3.90. The topological polar surface area (TPSA) is 65.5 Å². The Balaban J connectivity index is 0.00000312. The molecule has 3 N–H and O–H groups in total. The lowest BCUT2D eigenvalue weighted by Gasteiger charge is -2.14. The van der Waals surface area contributed by atoms with Crippen LogP contribution in [0.1, 0.15) is 29.6 Å². The molecule has 0 aromatic heterocycles. The molecule has 1 atom stereocenters. The molecule has 5 nitrogen and oxygen atoms in total. The number of halogens is 2. The summed E-state index contributed by atoms with van der Waals surface area (Å²) >= 11 is 5.40. The first-order valence-electron chi connectivity index (χ1n) is 8.29. The van der Waals surface area contributed by atoms with E-state index in [1.165, 1.54) is 18.6 Å². The molecule has 140 valence electrons. The van der Waals surface area contributed by atoms with Crippen molar-refractivity contribution in [3.8, 4) is 0 Å². The van der Waals surface area contributed by atoms with Crippen molar-refractivity contribution in [2.24, 2.45) is 4.99 Å². The van der Waals surface area contributed by atoms with Crippen molar-refractivity contribution < 1.29 is 4.79 Å². The molecular weight excluding hydrogens is 515 g/mol. The Morgan fingerprint density at radius 2 is 1.96 bits per heavy atom. The standard InChI is InChI=1S/C17H25BrN4OS.HI/c1-19-17(22-12-15-4-2-11-24-15)21-10-3-9-20-16(23)13-5-7-14(18)8-6-13;/h5-8,15H,2-4,9-12H2,1H3,(H,20,23)(H2,19,21,22);1H. The molecule has 0 saturated carbocycles. The molecule has 1 heterocycles. The van der Waals surface area contributed by atoms with Crippen molar-refractivity contribution in [3.05, 3.63) is 34.3 Å². The normalized spacial score (nSPS) is 16.9. The number of guanidine groups is 1.